The number of methoxy groups -OCH3 is 4. The van der Waals surface area contributed by atoms with Crippen LogP contribution in [0.4, 0.5) is 0 Å². The van der Waals surface area contributed by atoms with E-state index < -0.39 is 0 Å². The number of hydrogen-bond donors (Lipinski definition) is 3. The molecule has 0 heterocycles. The van der Waals surface area contributed by atoms with Gasteiger partial charge in [-0.05, 0) is 23.8 Å². The summed E-state index contributed by atoms with van der Waals surface area (Å²) >= 11 is 0. The molecular weight excluding hydrogens is 370 g/mol. The molecule has 2 aromatic carbocycles. The fraction of sp³-hybridized carbons (Fsp3) is 0.455. The van der Waals surface area contributed by atoms with Crippen LogP contribution in [0.2, 0.25) is 0 Å². The van der Waals surface area contributed by atoms with Crippen molar-refractivity contribution in [1.29, 1.82) is 0 Å². The highest BCUT2D eigenvalue weighted by Crippen LogP contribution is 2.39. The maximum Gasteiger partial charge on any atom is 0.203 e. The lowest BCUT2D eigenvalue weighted by atomic mass is 10.1. The van der Waals surface area contributed by atoms with Crippen molar-refractivity contribution in [3.05, 3.63) is 47.5 Å². The lowest BCUT2D eigenvalue weighted by Gasteiger charge is -2.16. The van der Waals surface area contributed by atoms with E-state index in [1.165, 1.54) is 5.56 Å². The van der Waals surface area contributed by atoms with Gasteiger partial charge in [0.2, 0.25) is 5.75 Å². The molecule has 0 aromatic heterocycles. The molecule has 2 aromatic rings. The zero-order valence-electron chi connectivity index (χ0n) is 17.8. The molecule has 2 rings (SSSR count). The highest BCUT2D eigenvalue weighted by atomic mass is 16.5. The highest BCUT2D eigenvalue weighted by Gasteiger charge is 2.15. The first-order valence-corrected chi connectivity index (χ1v) is 9.76. The van der Waals surface area contributed by atoms with E-state index in [2.05, 4.69) is 28.1 Å². The van der Waals surface area contributed by atoms with Crippen LogP contribution < -0.4 is 34.9 Å². The van der Waals surface area contributed by atoms with Crippen LogP contribution in [0.15, 0.2) is 36.4 Å². The minimum Gasteiger partial charge on any atom is -0.497 e. The molecule has 0 saturated carbocycles. The minimum atomic E-state index is 0.621. The molecule has 160 valence electrons. The summed E-state index contributed by atoms with van der Waals surface area (Å²) in [4.78, 5) is 0. The average Bonchev–Trinajstić information content (AvgIpc) is 2.77. The van der Waals surface area contributed by atoms with Crippen LogP contribution in [-0.4, -0.2) is 54.6 Å². The van der Waals surface area contributed by atoms with E-state index in [1.54, 1.807) is 28.4 Å². The summed E-state index contributed by atoms with van der Waals surface area (Å²) in [5, 5.41) is 10.3. The van der Waals surface area contributed by atoms with Crippen LogP contribution in [0.1, 0.15) is 11.1 Å². The Kier molecular flexibility index (Phi) is 10.1. The minimum absolute atomic E-state index is 0.621. The molecule has 3 N–H and O–H groups in total. The van der Waals surface area contributed by atoms with Crippen molar-refractivity contribution in [3.8, 4) is 23.0 Å². The van der Waals surface area contributed by atoms with Gasteiger partial charge in [0.05, 0.1) is 28.4 Å². The van der Waals surface area contributed by atoms with Crippen LogP contribution in [0, 0.1) is 0 Å². The van der Waals surface area contributed by atoms with Crippen LogP contribution in [0.5, 0.6) is 23.0 Å². The summed E-state index contributed by atoms with van der Waals surface area (Å²) in [5.41, 5.74) is 2.28. The van der Waals surface area contributed by atoms with Crippen molar-refractivity contribution in [2.45, 2.75) is 13.1 Å². The summed E-state index contributed by atoms with van der Waals surface area (Å²) in [6.45, 7) is 5.12. The molecule has 0 bridgehead atoms. The van der Waals surface area contributed by atoms with Crippen LogP contribution >= 0.6 is 0 Å². The first kappa shape index (κ1) is 22.8. The van der Waals surface area contributed by atoms with E-state index in [0.29, 0.717) is 23.8 Å². The maximum atomic E-state index is 5.51. The molecule has 0 spiro atoms. The van der Waals surface area contributed by atoms with Crippen molar-refractivity contribution in [3.63, 3.8) is 0 Å². The molecule has 29 heavy (non-hydrogen) atoms. The maximum absolute atomic E-state index is 5.51. The Balaban J connectivity index is 1.60. The van der Waals surface area contributed by atoms with Gasteiger partial charge < -0.3 is 34.9 Å². The number of rotatable bonds is 14. The van der Waals surface area contributed by atoms with E-state index in [1.807, 2.05) is 24.3 Å². The van der Waals surface area contributed by atoms with Gasteiger partial charge in [-0.2, -0.15) is 0 Å². The third-order valence-corrected chi connectivity index (χ3v) is 4.55. The third kappa shape index (κ3) is 7.12. The Hall–Kier alpha value is -2.48. The van der Waals surface area contributed by atoms with Crippen molar-refractivity contribution in [2.75, 3.05) is 54.6 Å². The molecular formula is C22H33N3O4. The molecule has 0 saturated heterocycles. The molecule has 0 unspecified atom stereocenters. The first-order valence-electron chi connectivity index (χ1n) is 9.76. The molecule has 0 aliphatic rings. The number of nitrogens with one attached hydrogen (secondary N) is 3. The Morgan fingerprint density at radius 3 is 1.79 bits per heavy atom. The van der Waals surface area contributed by atoms with E-state index in [0.717, 1.165) is 44.0 Å². The van der Waals surface area contributed by atoms with Gasteiger partial charge in [0.25, 0.3) is 0 Å². The molecule has 0 aliphatic heterocycles. The predicted octanol–water partition coefficient (Wildman–Crippen LogP) is 2.19. The summed E-state index contributed by atoms with van der Waals surface area (Å²) < 4.78 is 21.4. The van der Waals surface area contributed by atoms with Crippen molar-refractivity contribution in [1.82, 2.24) is 16.0 Å². The van der Waals surface area contributed by atoms with Gasteiger partial charge >= 0.3 is 0 Å². The second-order valence-corrected chi connectivity index (χ2v) is 6.45. The number of benzene rings is 2. The predicted molar refractivity (Wildman–Crippen MR) is 115 cm³/mol. The normalized spacial score (nSPS) is 10.6. The van der Waals surface area contributed by atoms with E-state index in [4.69, 9.17) is 18.9 Å². The van der Waals surface area contributed by atoms with E-state index in [-0.39, 0.29) is 0 Å². The summed E-state index contributed by atoms with van der Waals surface area (Å²) in [5.74, 6) is 2.87. The third-order valence-electron chi connectivity index (χ3n) is 4.55. The standard InChI is InChI=1S/C22H33N3O4/c1-26-19-8-5-17(6-9-19)15-24-13-11-23-12-14-25-16-18-7-10-20(27-2)22(29-4)21(18)28-3/h5-10,23-25H,11-16H2,1-4H3. The van der Waals surface area contributed by atoms with E-state index in [9.17, 15) is 0 Å². The molecule has 0 fully saturated rings. The topological polar surface area (TPSA) is 73.0 Å². The molecule has 0 aliphatic carbocycles. The quantitative estimate of drug-likeness (QED) is 0.418. The zero-order valence-corrected chi connectivity index (χ0v) is 17.8. The van der Waals surface area contributed by atoms with Crippen molar-refractivity contribution >= 4 is 0 Å². The number of hydrogen-bond acceptors (Lipinski definition) is 7. The SMILES string of the molecule is COc1ccc(CNCCNCCNCc2ccc(OC)c(OC)c2OC)cc1. The summed E-state index contributed by atoms with van der Waals surface area (Å²) in [7, 11) is 6.55. The Bertz CT molecular complexity index is 723. The monoisotopic (exact) mass is 403 g/mol. The molecule has 0 radical (unpaired) electrons. The molecule has 0 atom stereocenters. The van der Waals surface area contributed by atoms with E-state index >= 15 is 0 Å². The Labute approximate surface area is 173 Å². The lowest BCUT2D eigenvalue weighted by molar-refractivity contribution is 0.321. The van der Waals surface area contributed by atoms with Gasteiger partial charge in [-0.1, -0.05) is 18.2 Å². The van der Waals surface area contributed by atoms with Gasteiger partial charge in [0.15, 0.2) is 11.5 Å². The fourth-order valence-electron chi connectivity index (χ4n) is 2.98. The Morgan fingerprint density at radius 1 is 0.586 bits per heavy atom. The van der Waals surface area contributed by atoms with Gasteiger partial charge in [-0.15, -0.1) is 0 Å². The van der Waals surface area contributed by atoms with Crippen LogP contribution in [-0.2, 0) is 13.1 Å². The average molecular weight is 404 g/mol. The largest absolute Gasteiger partial charge is 0.497 e. The highest BCUT2D eigenvalue weighted by molar-refractivity contribution is 5.55. The molecule has 7 nitrogen and oxygen atoms in total. The van der Waals surface area contributed by atoms with Gasteiger partial charge in [0, 0.05) is 44.8 Å². The lowest BCUT2D eigenvalue weighted by Crippen LogP contribution is -2.32. The summed E-state index contributed by atoms with van der Waals surface area (Å²) in [6, 6.07) is 12.0. The van der Waals surface area contributed by atoms with Gasteiger partial charge in [-0.3, -0.25) is 0 Å². The molecule has 0 amide bonds. The van der Waals surface area contributed by atoms with Crippen LogP contribution in [0.3, 0.4) is 0 Å². The number of ether oxygens (including phenoxy) is 4. The Morgan fingerprint density at radius 2 is 1.21 bits per heavy atom. The second kappa shape index (κ2) is 12.9. The summed E-state index contributed by atoms with van der Waals surface area (Å²) in [6.07, 6.45) is 0. The van der Waals surface area contributed by atoms with Crippen molar-refractivity contribution < 1.29 is 18.9 Å². The second-order valence-electron chi connectivity index (χ2n) is 6.45. The van der Waals surface area contributed by atoms with Gasteiger partial charge in [-0.25, -0.2) is 0 Å². The van der Waals surface area contributed by atoms with Crippen LogP contribution in [0.25, 0.3) is 0 Å². The fourth-order valence-corrected chi connectivity index (χ4v) is 2.98. The zero-order chi connectivity index (χ0) is 20.9. The smallest absolute Gasteiger partial charge is 0.203 e. The first-order chi connectivity index (χ1) is 14.2. The van der Waals surface area contributed by atoms with Crippen molar-refractivity contribution in [2.24, 2.45) is 0 Å². The van der Waals surface area contributed by atoms with Gasteiger partial charge in [0.1, 0.15) is 5.75 Å². The molecule has 7 heteroatoms.